The van der Waals surface area contributed by atoms with Crippen LogP contribution in [0, 0.1) is 5.82 Å². The van der Waals surface area contributed by atoms with E-state index < -0.39 is 23.6 Å². The second-order valence-corrected chi connectivity index (χ2v) is 10.3. The Morgan fingerprint density at radius 2 is 2.03 bits per heavy atom. The maximum atomic E-state index is 15.1. The average Bonchev–Trinajstić information content (AvgIpc) is 3.15. The number of hydrogen-bond acceptors (Lipinski definition) is 7. The van der Waals surface area contributed by atoms with E-state index in [1.165, 1.54) is 17.9 Å². The minimum atomic E-state index is -0.788. The minimum Gasteiger partial charge on any atom is -0.442 e. The van der Waals surface area contributed by atoms with E-state index in [4.69, 9.17) is 4.74 Å². The number of anilines is 2. The molecule has 1 aromatic rings. The lowest BCUT2D eigenvalue weighted by molar-refractivity contribution is -0.119. The van der Waals surface area contributed by atoms with Crippen LogP contribution in [-0.2, 0) is 9.53 Å². The molecule has 0 bridgehead atoms. The minimum absolute atomic E-state index is 0.00901. The van der Waals surface area contributed by atoms with Crippen LogP contribution in [0.25, 0.3) is 0 Å². The van der Waals surface area contributed by atoms with E-state index >= 15 is 4.39 Å². The lowest BCUT2D eigenvalue weighted by Crippen LogP contribution is -2.62. The molecule has 3 N–H and O–H groups in total. The number of piperidine rings is 1. The van der Waals surface area contributed by atoms with Gasteiger partial charge < -0.3 is 25.4 Å². The van der Waals surface area contributed by atoms with Gasteiger partial charge in [-0.25, -0.2) is 9.18 Å². The van der Waals surface area contributed by atoms with Crippen LogP contribution < -0.4 is 20.4 Å². The number of benzene rings is 1. The molecule has 1 atom stereocenters. The van der Waals surface area contributed by atoms with Crippen LogP contribution in [0.5, 0.6) is 0 Å². The predicted octanol–water partition coefficient (Wildman–Crippen LogP) is 1.30. The van der Waals surface area contributed by atoms with Crippen molar-refractivity contribution in [3.05, 3.63) is 24.0 Å². The normalized spacial score (nSPS) is 24.7. The highest BCUT2D eigenvalue weighted by molar-refractivity contribution is 5.90. The molecule has 3 aliphatic rings. The molecule has 3 fully saturated rings. The topological polar surface area (TPSA) is 97.4 Å². The maximum absolute atomic E-state index is 15.1. The molecule has 0 saturated carbocycles. The number of hydrogen-bond donors (Lipinski definition) is 3. The zero-order valence-corrected chi connectivity index (χ0v) is 20.3. The quantitative estimate of drug-likeness (QED) is 0.568. The van der Waals surface area contributed by atoms with Gasteiger partial charge in [-0.15, -0.1) is 0 Å². The van der Waals surface area contributed by atoms with Gasteiger partial charge in [-0.3, -0.25) is 14.6 Å². The van der Waals surface area contributed by atoms with Crippen molar-refractivity contribution in [1.29, 1.82) is 0 Å². The fourth-order valence-electron chi connectivity index (χ4n) is 5.01. The van der Waals surface area contributed by atoms with Gasteiger partial charge >= 0.3 is 6.09 Å². The van der Waals surface area contributed by atoms with Crippen molar-refractivity contribution in [2.24, 2.45) is 0 Å². The highest BCUT2D eigenvalue weighted by Gasteiger charge is 2.39. The molecular weight excluding hydrogens is 441 g/mol. The third-order valence-corrected chi connectivity index (χ3v) is 7.19. The van der Waals surface area contributed by atoms with E-state index in [0.717, 1.165) is 19.6 Å². The number of piperazine rings is 1. The van der Waals surface area contributed by atoms with Gasteiger partial charge in [-0.2, -0.15) is 0 Å². The number of rotatable bonds is 6. The molecule has 2 amide bonds. The molecule has 10 heteroatoms. The Kier molecular flexibility index (Phi) is 7.02. The number of aliphatic hydroxyl groups is 1. The Morgan fingerprint density at radius 1 is 1.29 bits per heavy atom. The summed E-state index contributed by atoms with van der Waals surface area (Å²) in [4.78, 5) is 29.0. The number of carbonyl (C=O) groups excluding carboxylic acids is 2. The molecule has 3 saturated heterocycles. The molecule has 4 rings (SSSR count). The first-order valence-electron chi connectivity index (χ1n) is 12.0. The van der Waals surface area contributed by atoms with E-state index in [1.54, 1.807) is 12.1 Å². The Balaban J connectivity index is 1.36. The number of nitrogens with zero attached hydrogens (tertiary/aromatic N) is 3. The molecule has 188 valence electrons. The molecule has 0 aromatic heterocycles. The smallest absolute Gasteiger partial charge is 0.414 e. The third-order valence-electron chi connectivity index (χ3n) is 7.19. The molecular formula is C24H36FN5O4. The van der Waals surface area contributed by atoms with E-state index in [-0.39, 0.29) is 24.5 Å². The number of nitrogens with one attached hydrogen (secondary N) is 2. The summed E-state index contributed by atoms with van der Waals surface area (Å²) in [5, 5.41) is 17.3. The van der Waals surface area contributed by atoms with Crippen molar-refractivity contribution in [2.45, 2.75) is 50.9 Å². The van der Waals surface area contributed by atoms with Crippen LogP contribution in [0.2, 0.25) is 0 Å². The molecule has 3 heterocycles. The molecule has 0 aliphatic carbocycles. The summed E-state index contributed by atoms with van der Waals surface area (Å²) in [7, 11) is 0. The fraction of sp³-hybridized carbons (Fsp3) is 0.667. The maximum Gasteiger partial charge on any atom is 0.414 e. The third kappa shape index (κ3) is 5.45. The largest absolute Gasteiger partial charge is 0.442 e. The molecule has 34 heavy (non-hydrogen) atoms. The molecule has 0 radical (unpaired) electrons. The predicted molar refractivity (Wildman–Crippen MR) is 128 cm³/mol. The van der Waals surface area contributed by atoms with Crippen molar-refractivity contribution in [1.82, 2.24) is 15.5 Å². The van der Waals surface area contributed by atoms with Gasteiger partial charge in [0.2, 0.25) is 5.91 Å². The Morgan fingerprint density at radius 3 is 2.68 bits per heavy atom. The number of halogens is 1. The van der Waals surface area contributed by atoms with Gasteiger partial charge in [0.25, 0.3) is 0 Å². The lowest BCUT2D eigenvalue weighted by Gasteiger charge is -2.48. The second-order valence-electron chi connectivity index (χ2n) is 10.3. The number of ether oxygens (including phenoxy) is 1. The van der Waals surface area contributed by atoms with Gasteiger partial charge in [0, 0.05) is 51.7 Å². The first kappa shape index (κ1) is 24.7. The van der Waals surface area contributed by atoms with E-state index in [2.05, 4.69) is 29.4 Å². The van der Waals surface area contributed by atoms with Crippen LogP contribution in [0.1, 0.15) is 33.6 Å². The molecule has 1 unspecified atom stereocenters. The van der Waals surface area contributed by atoms with Crippen LogP contribution in [0.3, 0.4) is 0 Å². The molecule has 1 aromatic carbocycles. The summed E-state index contributed by atoms with van der Waals surface area (Å²) in [5.41, 5.74) is 0.0935. The Labute approximate surface area is 200 Å². The first-order chi connectivity index (χ1) is 16.1. The van der Waals surface area contributed by atoms with Gasteiger partial charge in [-0.1, -0.05) is 0 Å². The zero-order valence-electron chi connectivity index (χ0n) is 20.3. The van der Waals surface area contributed by atoms with Crippen LogP contribution in [-0.4, -0.2) is 91.6 Å². The van der Waals surface area contributed by atoms with Crippen molar-refractivity contribution < 1.29 is 23.8 Å². The summed E-state index contributed by atoms with van der Waals surface area (Å²) in [6.07, 6.45) is 0.107. The standard InChI is InChI=1S/C24H36FN5O4/c1-17(31)27-13-19-14-30(22(32)34-19)18-4-5-21(20(25)12-18)28-9-6-24(33,7-10-28)16-29-11-8-26-15-23(29,2)3/h4-5,12,19,26,33H,6-11,13-16H2,1-3H3,(H,27,31). The average molecular weight is 478 g/mol. The number of β-amino-alcohol motifs (C(OH)–C–C–N with tert-alkyl or cyclic N) is 1. The van der Waals surface area contributed by atoms with Crippen LogP contribution >= 0.6 is 0 Å². The highest BCUT2D eigenvalue weighted by Crippen LogP contribution is 2.33. The van der Waals surface area contributed by atoms with Gasteiger partial charge in [0.1, 0.15) is 11.9 Å². The molecule has 3 aliphatic heterocycles. The SMILES string of the molecule is CC(=O)NCC1CN(c2ccc(N3CCC(O)(CN4CCNCC4(C)C)CC3)c(F)c2)C(=O)O1. The summed E-state index contributed by atoms with van der Waals surface area (Å²) >= 11 is 0. The van der Waals surface area contributed by atoms with Crippen LogP contribution in [0.4, 0.5) is 20.6 Å². The van der Waals surface area contributed by atoms with Crippen molar-refractivity contribution in [3.63, 3.8) is 0 Å². The lowest BCUT2D eigenvalue weighted by atomic mass is 9.88. The van der Waals surface area contributed by atoms with E-state index in [1.807, 2.05) is 4.90 Å². The monoisotopic (exact) mass is 477 g/mol. The van der Waals surface area contributed by atoms with Crippen molar-refractivity contribution >= 4 is 23.4 Å². The van der Waals surface area contributed by atoms with Crippen molar-refractivity contribution in [3.8, 4) is 0 Å². The number of carbonyl (C=O) groups is 2. The Hall–Kier alpha value is -2.43. The molecule has 9 nitrogen and oxygen atoms in total. The van der Waals surface area contributed by atoms with Gasteiger partial charge in [0.05, 0.1) is 30.1 Å². The summed E-state index contributed by atoms with van der Waals surface area (Å²) in [6, 6.07) is 4.74. The second kappa shape index (κ2) is 9.67. The molecule has 0 spiro atoms. The number of amides is 2. The van der Waals surface area contributed by atoms with Gasteiger partial charge in [-0.05, 0) is 44.9 Å². The highest BCUT2D eigenvalue weighted by atomic mass is 19.1. The zero-order chi connectivity index (χ0) is 24.5. The van der Waals surface area contributed by atoms with E-state index in [9.17, 15) is 14.7 Å². The Bertz CT molecular complexity index is 919. The number of cyclic esters (lactones) is 1. The summed E-state index contributed by atoms with van der Waals surface area (Å²) < 4.78 is 20.3. The summed E-state index contributed by atoms with van der Waals surface area (Å²) in [6.45, 7) is 10.7. The van der Waals surface area contributed by atoms with Crippen molar-refractivity contribution in [2.75, 3.05) is 62.2 Å². The fourth-order valence-corrected chi connectivity index (χ4v) is 5.01. The van der Waals surface area contributed by atoms with Crippen LogP contribution in [0.15, 0.2) is 18.2 Å². The van der Waals surface area contributed by atoms with E-state index in [0.29, 0.717) is 43.9 Å². The first-order valence-corrected chi connectivity index (χ1v) is 12.0. The summed E-state index contributed by atoms with van der Waals surface area (Å²) in [5.74, 6) is -0.612. The van der Waals surface area contributed by atoms with Gasteiger partial charge in [0.15, 0.2) is 0 Å².